The first kappa shape index (κ1) is 11.4. The number of hydrogen-bond acceptors (Lipinski definition) is 3. The van der Waals surface area contributed by atoms with E-state index in [1.165, 1.54) is 5.56 Å². The van der Waals surface area contributed by atoms with E-state index in [9.17, 15) is 5.11 Å². The van der Waals surface area contributed by atoms with Gasteiger partial charge in [-0.1, -0.05) is 6.07 Å². The standard InChI is InChI=1S/C13H20N2O/c1-9-3-11(6-12(16)4-9)13-5-10(7-14)8-15(13)2/h3-4,6,10,13,16H,5,7-8,14H2,1-2H3. The summed E-state index contributed by atoms with van der Waals surface area (Å²) >= 11 is 0. The van der Waals surface area contributed by atoms with Crippen LogP contribution in [-0.4, -0.2) is 30.1 Å². The van der Waals surface area contributed by atoms with Crippen molar-refractivity contribution in [1.29, 1.82) is 0 Å². The molecule has 1 fully saturated rings. The van der Waals surface area contributed by atoms with E-state index in [0.717, 1.165) is 25.1 Å². The largest absolute Gasteiger partial charge is 0.508 e. The summed E-state index contributed by atoms with van der Waals surface area (Å²) in [5.74, 6) is 0.942. The molecule has 2 atom stereocenters. The summed E-state index contributed by atoms with van der Waals surface area (Å²) in [7, 11) is 2.12. The molecule has 1 aromatic rings. The number of aromatic hydroxyl groups is 1. The van der Waals surface area contributed by atoms with Gasteiger partial charge in [0, 0.05) is 12.6 Å². The van der Waals surface area contributed by atoms with Crippen LogP contribution in [0.2, 0.25) is 0 Å². The topological polar surface area (TPSA) is 49.5 Å². The van der Waals surface area contributed by atoms with E-state index < -0.39 is 0 Å². The molecule has 2 rings (SSSR count). The number of nitrogens with zero attached hydrogens (tertiary/aromatic N) is 1. The van der Waals surface area contributed by atoms with Crippen molar-refractivity contribution < 1.29 is 5.11 Å². The molecule has 1 heterocycles. The number of nitrogens with two attached hydrogens (primary N) is 1. The van der Waals surface area contributed by atoms with Gasteiger partial charge >= 0.3 is 0 Å². The average molecular weight is 220 g/mol. The SMILES string of the molecule is Cc1cc(O)cc(C2CC(CN)CN2C)c1. The highest BCUT2D eigenvalue weighted by Crippen LogP contribution is 2.35. The number of aryl methyl sites for hydroxylation is 1. The maximum atomic E-state index is 9.62. The number of likely N-dealkylation sites (tertiary alicyclic amines) is 1. The molecule has 1 aliphatic heterocycles. The van der Waals surface area contributed by atoms with Crippen molar-refractivity contribution in [2.75, 3.05) is 20.1 Å². The van der Waals surface area contributed by atoms with Crippen LogP contribution >= 0.6 is 0 Å². The summed E-state index contributed by atoms with van der Waals surface area (Å²) < 4.78 is 0. The predicted molar refractivity (Wildman–Crippen MR) is 65.4 cm³/mol. The highest BCUT2D eigenvalue weighted by molar-refractivity contribution is 5.35. The first-order valence-electron chi connectivity index (χ1n) is 5.81. The Kier molecular flexibility index (Phi) is 3.17. The van der Waals surface area contributed by atoms with E-state index in [1.54, 1.807) is 6.07 Å². The van der Waals surface area contributed by atoms with Gasteiger partial charge in [0.15, 0.2) is 0 Å². The Morgan fingerprint density at radius 1 is 1.44 bits per heavy atom. The molecule has 0 aromatic heterocycles. The van der Waals surface area contributed by atoms with Crippen molar-refractivity contribution in [3.05, 3.63) is 29.3 Å². The monoisotopic (exact) mass is 220 g/mol. The van der Waals surface area contributed by atoms with Gasteiger partial charge in [0.25, 0.3) is 0 Å². The summed E-state index contributed by atoms with van der Waals surface area (Å²) in [4.78, 5) is 2.33. The molecular formula is C13H20N2O. The lowest BCUT2D eigenvalue weighted by atomic mass is 9.98. The Morgan fingerprint density at radius 2 is 2.19 bits per heavy atom. The number of phenolic OH excluding ortho intramolecular Hbond substituents is 1. The third kappa shape index (κ3) is 2.20. The van der Waals surface area contributed by atoms with Crippen LogP contribution in [0.3, 0.4) is 0 Å². The van der Waals surface area contributed by atoms with Gasteiger partial charge in [-0.05, 0) is 56.1 Å². The molecule has 3 N–H and O–H groups in total. The maximum Gasteiger partial charge on any atom is 0.116 e. The Morgan fingerprint density at radius 3 is 2.75 bits per heavy atom. The minimum Gasteiger partial charge on any atom is -0.508 e. The van der Waals surface area contributed by atoms with Gasteiger partial charge in [0.05, 0.1) is 0 Å². The highest BCUT2D eigenvalue weighted by atomic mass is 16.3. The van der Waals surface area contributed by atoms with Crippen LogP contribution in [-0.2, 0) is 0 Å². The average Bonchev–Trinajstić information content (AvgIpc) is 2.58. The zero-order valence-corrected chi connectivity index (χ0v) is 9.98. The maximum absolute atomic E-state index is 9.62. The zero-order chi connectivity index (χ0) is 11.7. The van der Waals surface area contributed by atoms with Gasteiger partial charge in [-0.15, -0.1) is 0 Å². The van der Waals surface area contributed by atoms with Crippen molar-refractivity contribution in [2.24, 2.45) is 11.7 Å². The molecule has 0 amide bonds. The van der Waals surface area contributed by atoms with E-state index in [0.29, 0.717) is 17.7 Å². The highest BCUT2D eigenvalue weighted by Gasteiger charge is 2.29. The first-order valence-corrected chi connectivity index (χ1v) is 5.81. The number of benzene rings is 1. The lowest BCUT2D eigenvalue weighted by Gasteiger charge is -2.20. The summed E-state index contributed by atoms with van der Waals surface area (Å²) in [6, 6.07) is 6.21. The normalized spacial score (nSPS) is 26.2. The van der Waals surface area contributed by atoms with Gasteiger partial charge in [0.1, 0.15) is 5.75 Å². The fourth-order valence-electron chi connectivity index (χ4n) is 2.65. The molecule has 1 aliphatic rings. The second-order valence-corrected chi connectivity index (χ2v) is 4.89. The number of phenols is 1. The van der Waals surface area contributed by atoms with Crippen LogP contribution in [0.5, 0.6) is 5.75 Å². The summed E-state index contributed by atoms with van der Waals surface area (Å²) in [6.07, 6.45) is 1.09. The van der Waals surface area contributed by atoms with Crippen LogP contribution in [0.15, 0.2) is 18.2 Å². The Bertz CT molecular complexity index is 358. The number of rotatable bonds is 2. The molecule has 3 nitrogen and oxygen atoms in total. The van der Waals surface area contributed by atoms with Crippen LogP contribution in [0.25, 0.3) is 0 Å². The van der Waals surface area contributed by atoms with Gasteiger partial charge in [-0.2, -0.15) is 0 Å². The van der Waals surface area contributed by atoms with Gasteiger partial charge < -0.3 is 10.8 Å². The van der Waals surface area contributed by atoms with Gasteiger partial charge in [0.2, 0.25) is 0 Å². The molecular weight excluding hydrogens is 200 g/mol. The van der Waals surface area contributed by atoms with Crippen LogP contribution in [0, 0.1) is 12.8 Å². The molecule has 0 radical (unpaired) electrons. The van der Waals surface area contributed by atoms with E-state index in [4.69, 9.17) is 5.73 Å². The molecule has 0 aliphatic carbocycles. The summed E-state index contributed by atoms with van der Waals surface area (Å²) in [5, 5.41) is 9.62. The molecule has 1 saturated heterocycles. The third-order valence-corrected chi connectivity index (χ3v) is 3.44. The molecule has 88 valence electrons. The van der Waals surface area contributed by atoms with Crippen molar-refractivity contribution >= 4 is 0 Å². The van der Waals surface area contributed by atoms with Gasteiger partial charge in [-0.3, -0.25) is 4.90 Å². The molecule has 3 heteroatoms. The predicted octanol–water partition coefficient (Wildman–Crippen LogP) is 1.65. The molecule has 16 heavy (non-hydrogen) atoms. The summed E-state index contributed by atoms with van der Waals surface area (Å²) in [6.45, 7) is 3.81. The van der Waals surface area contributed by atoms with Gasteiger partial charge in [-0.25, -0.2) is 0 Å². The molecule has 2 unspecified atom stereocenters. The zero-order valence-electron chi connectivity index (χ0n) is 9.98. The Labute approximate surface area is 96.9 Å². The lowest BCUT2D eigenvalue weighted by molar-refractivity contribution is 0.313. The van der Waals surface area contributed by atoms with Crippen molar-refractivity contribution in [1.82, 2.24) is 4.90 Å². The second kappa shape index (κ2) is 4.44. The second-order valence-electron chi connectivity index (χ2n) is 4.89. The van der Waals surface area contributed by atoms with E-state index in [-0.39, 0.29) is 0 Å². The molecule has 0 spiro atoms. The minimum absolute atomic E-state index is 0.361. The van der Waals surface area contributed by atoms with Crippen LogP contribution in [0.1, 0.15) is 23.6 Å². The van der Waals surface area contributed by atoms with E-state index in [2.05, 4.69) is 18.0 Å². The molecule has 0 saturated carbocycles. The van der Waals surface area contributed by atoms with Crippen molar-refractivity contribution in [3.63, 3.8) is 0 Å². The quantitative estimate of drug-likeness (QED) is 0.797. The van der Waals surface area contributed by atoms with Crippen molar-refractivity contribution in [3.8, 4) is 5.75 Å². The van der Waals surface area contributed by atoms with E-state index in [1.807, 2.05) is 13.0 Å². The summed E-state index contributed by atoms with van der Waals surface area (Å²) in [5.41, 5.74) is 8.04. The fraction of sp³-hybridized carbons (Fsp3) is 0.538. The van der Waals surface area contributed by atoms with Crippen LogP contribution < -0.4 is 5.73 Å². The molecule has 1 aromatic carbocycles. The van der Waals surface area contributed by atoms with Crippen molar-refractivity contribution in [2.45, 2.75) is 19.4 Å². The minimum atomic E-state index is 0.361. The van der Waals surface area contributed by atoms with E-state index >= 15 is 0 Å². The smallest absolute Gasteiger partial charge is 0.116 e. The third-order valence-electron chi connectivity index (χ3n) is 3.44. The Hall–Kier alpha value is -1.06. The van der Waals surface area contributed by atoms with Crippen LogP contribution in [0.4, 0.5) is 0 Å². The number of hydrogen-bond donors (Lipinski definition) is 2. The molecule has 0 bridgehead atoms. The first-order chi connectivity index (χ1) is 7.60. The Balaban J connectivity index is 2.24. The fourth-order valence-corrected chi connectivity index (χ4v) is 2.65. The lowest BCUT2D eigenvalue weighted by Crippen LogP contribution is -2.20.